The van der Waals surface area contributed by atoms with Crippen LogP contribution in [0.2, 0.25) is 0 Å². The van der Waals surface area contributed by atoms with Crippen LogP contribution in [0, 0.1) is 11.8 Å². The number of phenols is 1. The monoisotopic (exact) mass is 430 g/mol. The van der Waals surface area contributed by atoms with Gasteiger partial charge in [0.1, 0.15) is 5.75 Å². The van der Waals surface area contributed by atoms with Crippen LogP contribution >= 0.6 is 0 Å². The molecule has 1 aliphatic rings. The van der Waals surface area contributed by atoms with Gasteiger partial charge in [0.15, 0.2) is 0 Å². The second-order valence-electron chi connectivity index (χ2n) is 13.0. The van der Waals surface area contributed by atoms with Crippen molar-refractivity contribution >= 4 is 5.97 Å². The molecule has 1 unspecified atom stereocenters. The highest BCUT2D eigenvalue weighted by molar-refractivity contribution is 5.69. The standard InChI is InChI=1S/C27H45NO3/c1-24(2,3)20-13-17(14-21(22(20)29)25(4,5)6)12-19(23(30)31)18-15-26(7,8)28(11)27(9,10)16-18/h13-14,18-19,29H,12,15-16H2,1-11H3,(H,30,31)/p-1. The highest BCUT2D eigenvalue weighted by Gasteiger charge is 2.45. The lowest BCUT2D eigenvalue weighted by molar-refractivity contribution is -0.314. The minimum absolute atomic E-state index is 0.0381. The van der Waals surface area contributed by atoms with Gasteiger partial charge in [0.2, 0.25) is 0 Å². The average molecular weight is 431 g/mol. The van der Waals surface area contributed by atoms with Gasteiger partial charge in [0.25, 0.3) is 0 Å². The van der Waals surface area contributed by atoms with E-state index in [1.54, 1.807) is 0 Å². The van der Waals surface area contributed by atoms with E-state index in [1.807, 2.05) is 12.1 Å². The molecule has 0 aliphatic carbocycles. The van der Waals surface area contributed by atoms with E-state index in [9.17, 15) is 15.0 Å². The lowest BCUT2D eigenvalue weighted by atomic mass is 9.68. The van der Waals surface area contributed by atoms with E-state index in [-0.39, 0.29) is 27.8 Å². The maximum atomic E-state index is 12.4. The summed E-state index contributed by atoms with van der Waals surface area (Å²) in [6.07, 6.45) is 2.07. The molecular weight excluding hydrogens is 386 g/mol. The van der Waals surface area contributed by atoms with Gasteiger partial charge in [-0.25, -0.2) is 0 Å². The van der Waals surface area contributed by atoms with Crippen molar-refractivity contribution in [2.45, 2.75) is 110 Å². The second-order valence-corrected chi connectivity index (χ2v) is 13.0. The first kappa shape index (κ1) is 25.7. The van der Waals surface area contributed by atoms with Crippen LogP contribution in [0.4, 0.5) is 0 Å². The van der Waals surface area contributed by atoms with E-state index < -0.39 is 11.9 Å². The molecule has 4 heteroatoms. The van der Waals surface area contributed by atoms with Gasteiger partial charge in [-0.1, -0.05) is 53.7 Å². The fourth-order valence-electron chi connectivity index (χ4n) is 5.39. The number of carbonyl (C=O) groups is 1. The van der Waals surface area contributed by atoms with Crippen molar-refractivity contribution in [1.29, 1.82) is 0 Å². The first-order valence-corrected chi connectivity index (χ1v) is 11.6. The van der Waals surface area contributed by atoms with Crippen LogP contribution in [-0.4, -0.2) is 34.1 Å². The second kappa shape index (κ2) is 8.10. The molecule has 1 aromatic rings. The third kappa shape index (κ3) is 5.45. The number of hydrogen-bond donors (Lipinski definition) is 1. The summed E-state index contributed by atoms with van der Waals surface area (Å²) in [5, 5.41) is 23.4. The number of carbonyl (C=O) groups excluding carboxylic acids is 1. The molecule has 1 atom stereocenters. The van der Waals surface area contributed by atoms with Crippen molar-refractivity contribution in [2.24, 2.45) is 11.8 Å². The lowest BCUT2D eigenvalue weighted by Crippen LogP contribution is -2.60. The Bertz CT molecular complexity index is 771. The predicted molar refractivity (Wildman–Crippen MR) is 126 cm³/mol. The average Bonchev–Trinajstić information content (AvgIpc) is 2.55. The number of phenolic OH excluding ortho intramolecular Hbond substituents is 1. The summed E-state index contributed by atoms with van der Waals surface area (Å²) in [7, 11) is 2.13. The number of piperidine rings is 1. The first-order chi connectivity index (χ1) is 13.8. The smallest absolute Gasteiger partial charge is 0.123 e. The molecule has 176 valence electrons. The predicted octanol–water partition coefficient (Wildman–Crippen LogP) is 4.79. The maximum absolute atomic E-state index is 12.4. The molecule has 1 heterocycles. The van der Waals surface area contributed by atoms with Crippen molar-refractivity contribution in [3.63, 3.8) is 0 Å². The fourth-order valence-corrected chi connectivity index (χ4v) is 5.39. The minimum Gasteiger partial charge on any atom is -0.550 e. The van der Waals surface area contributed by atoms with Crippen LogP contribution in [-0.2, 0) is 22.0 Å². The van der Waals surface area contributed by atoms with Gasteiger partial charge in [-0.15, -0.1) is 0 Å². The summed E-state index contributed by atoms with van der Waals surface area (Å²) in [6.45, 7) is 21.3. The van der Waals surface area contributed by atoms with Gasteiger partial charge in [0, 0.05) is 23.0 Å². The number of carboxylic acids is 1. The molecule has 0 saturated carbocycles. The Hall–Kier alpha value is -1.55. The van der Waals surface area contributed by atoms with Crippen LogP contribution < -0.4 is 5.11 Å². The normalized spacial score (nSPS) is 21.1. The topological polar surface area (TPSA) is 63.6 Å². The van der Waals surface area contributed by atoms with Gasteiger partial charge < -0.3 is 15.0 Å². The van der Waals surface area contributed by atoms with E-state index in [4.69, 9.17) is 0 Å². The number of aliphatic carboxylic acids is 1. The minimum atomic E-state index is -0.969. The largest absolute Gasteiger partial charge is 0.550 e. The number of carboxylic acid groups (broad SMARTS) is 1. The first-order valence-electron chi connectivity index (χ1n) is 11.6. The zero-order valence-electron chi connectivity index (χ0n) is 21.6. The molecule has 1 N–H and O–H groups in total. The molecule has 1 fully saturated rings. The Kier molecular flexibility index (Phi) is 6.72. The third-order valence-corrected chi connectivity index (χ3v) is 7.45. The fraction of sp³-hybridized carbons (Fsp3) is 0.741. The number of benzene rings is 1. The van der Waals surface area contributed by atoms with Gasteiger partial charge in [0.05, 0.1) is 0 Å². The van der Waals surface area contributed by atoms with Gasteiger partial charge >= 0.3 is 0 Å². The molecule has 31 heavy (non-hydrogen) atoms. The third-order valence-electron chi connectivity index (χ3n) is 7.45. The molecule has 1 aliphatic heterocycles. The molecule has 1 aromatic carbocycles. The summed E-state index contributed by atoms with van der Waals surface area (Å²) < 4.78 is 0. The number of likely N-dealkylation sites (tertiary alicyclic amines) is 1. The zero-order chi connectivity index (χ0) is 24.2. The molecular formula is C27H44NO3-. The van der Waals surface area contributed by atoms with Gasteiger partial charge in [-0.05, 0) is 87.4 Å². The zero-order valence-corrected chi connectivity index (χ0v) is 21.6. The van der Waals surface area contributed by atoms with Crippen LogP contribution in [0.3, 0.4) is 0 Å². The van der Waals surface area contributed by atoms with E-state index in [2.05, 4.69) is 81.2 Å². The van der Waals surface area contributed by atoms with E-state index in [0.717, 1.165) is 29.5 Å². The van der Waals surface area contributed by atoms with Gasteiger partial charge in [-0.3, -0.25) is 4.90 Å². The SMILES string of the molecule is CN1C(C)(C)CC(C(Cc2cc(C(C)(C)C)c(O)c(C(C)(C)C)c2)C(=O)[O-])CC1(C)C. The Labute approximate surface area is 190 Å². The number of nitrogens with zero attached hydrogens (tertiary/aromatic N) is 1. The summed E-state index contributed by atoms with van der Waals surface area (Å²) in [5.74, 6) is -1.16. The van der Waals surface area contributed by atoms with Crippen molar-refractivity contribution < 1.29 is 15.0 Å². The molecule has 4 nitrogen and oxygen atoms in total. The van der Waals surface area contributed by atoms with Gasteiger partial charge in [-0.2, -0.15) is 0 Å². The van der Waals surface area contributed by atoms with Crippen LogP contribution in [0.25, 0.3) is 0 Å². The van der Waals surface area contributed by atoms with E-state index >= 15 is 0 Å². The number of aromatic hydroxyl groups is 1. The molecule has 1 saturated heterocycles. The molecule has 2 rings (SSSR count). The summed E-state index contributed by atoms with van der Waals surface area (Å²) in [5.41, 5.74) is 2.07. The van der Waals surface area contributed by atoms with Crippen LogP contribution in [0.5, 0.6) is 5.75 Å². The molecule has 0 radical (unpaired) electrons. The highest BCUT2D eigenvalue weighted by Crippen LogP contribution is 2.45. The Morgan fingerprint density at radius 1 is 1.03 bits per heavy atom. The van der Waals surface area contributed by atoms with Crippen molar-refractivity contribution in [3.05, 3.63) is 28.8 Å². The number of hydrogen-bond acceptors (Lipinski definition) is 4. The van der Waals surface area contributed by atoms with Crippen LogP contribution in [0.15, 0.2) is 12.1 Å². The molecule has 0 bridgehead atoms. The van der Waals surface area contributed by atoms with E-state index in [1.165, 1.54) is 0 Å². The molecule has 0 amide bonds. The quantitative estimate of drug-likeness (QED) is 0.746. The van der Waals surface area contributed by atoms with Crippen molar-refractivity contribution in [3.8, 4) is 5.75 Å². The summed E-state index contributed by atoms with van der Waals surface area (Å²) >= 11 is 0. The molecule has 0 aromatic heterocycles. The number of rotatable bonds is 4. The lowest BCUT2D eigenvalue weighted by Gasteiger charge is -2.55. The Morgan fingerprint density at radius 3 is 1.74 bits per heavy atom. The summed E-state index contributed by atoms with van der Waals surface area (Å²) in [6, 6.07) is 4.01. The summed E-state index contributed by atoms with van der Waals surface area (Å²) in [4.78, 5) is 14.7. The molecule has 0 spiro atoms. The van der Waals surface area contributed by atoms with Crippen LogP contribution in [0.1, 0.15) is 98.8 Å². The van der Waals surface area contributed by atoms with Crippen molar-refractivity contribution in [1.82, 2.24) is 4.90 Å². The van der Waals surface area contributed by atoms with E-state index in [0.29, 0.717) is 12.2 Å². The Morgan fingerprint density at radius 2 is 1.42 bits per heavy atom. The van der Waals surface area contributed by atoms with Crippen molar-refractivity contribution in [2.75, 3.05) is 7.05 Å². The Balaban J connectivity index is 2.52. The maximum Gasteiger partial charge on any atom is 0.123 e. The highest BCUT2D eigenvalue weighted by atomic mass is 16.4.